The first kappa shape index (κ1) is 14.7. The van der Waals surface area contributed by atoms with Crippen LogP contribution in [0.4, 0.5) is 0 Å². The number of benzene rings is 3. The molecule has 2 aliphatic rings. The summed E-state index contributed by atoms with van der Waals surface area (Å²) in [6, 6.07) is 13.6. The first-order valence-corrected chi connectivity index (χ1v) is 9.72. The van der Waals surface area contributed by atoms with Crippen molar-refractivity contribution in [2.75, 3.05) is 0 Å². The van der Waals surface area contributed by atoms with E-state index < -0.39 is 0 Å². The number of rotatable bonds is 0. The van der Waals surface area contributed by atoms with Crippen LogP contribution in [0.1, 0.15) is 16.7 Å². The molecule has 0 aliphatic carbocycles. The summed E-state index contributed by atoms with van der Waals surface area (Å²) in [6.07, 6.45) is 3.97. The minimum Gasteiger partial charge on any atom is -0.300 e. The van der Waals surface area contributed by atoms with Crippen molar-refractivity contribution in [3.05, 3.63) is 65.7 Å². The van der Waals surface area contributed by atoms with Gasteiger partial charge in [0.05, 0.1) is 22.1 Å². The standard InChI is InChI=1S/C23H17BN4/c1-12-8-17-19-18(9-12)28-11-26-21-14(3)5-7-16(23(21)28)24(19)15-6-4-13(2)20-22(15)27(17)10-25-20/h4-11H,1-3H3. The molecule has 0 atom stereocenters. The second kappa shape index (κ2) is 4.55. The molecule has 4 heterocycles. The number of hydrogen-bond acceptors (Lipinski definition) is 2. The van der Waals surface area contributed by atoms with Crippen LogP contribution in [-0.2, 0) is 0 Å². The zero-order valence-corrected chi connectivity index (χ0v) is 16.0. The van der Waals surface area contributed by atoms with E-state index >= 15 is 0 Å². The smallest absolute Gasteiger partial charge is 0.252 e. The quantitative estimate of drug-likeness (QED) is 0.390. The minimum absolute atomic E-state index is 0.213. The number of hydrogen-bond donors (Lipinski definition) is 0. The Balaban J connectivity index is 1.77. The second-order valence-corrected chi connectivity index (χ2v) is 8.22. The Morgan fingerprint density at radius 2 is 1.21 bits per heavy atom. The van der Waals surface area contributed by atoms with Crippen molar-refractivity contribution in [1.29, 1.82) is 0 Å². The third kappa shape index (κ3) is 1.48. The van der Waals surface area contributed by atoms with E-state index in [-0.39, 0.29) is 6.71 Å². The molecule has 4 nitrogen and oxygen atoms in total. The van der Waals surface area contributed by atoms with Crippen LogP contribution in [0, 0.1) is 20.8 Å². The van der Waals surface area contributed by atoms with Crippen LogP contribution in [0.3, 0.4) is 0 Å². The summed E-state index contributed by atoms with van der Waals surface area (Å²) in [6.45, 7) is 6.68. The fourth-order valence-electron chi connectivity index (χ4n) is 5.33. The fourth-order valence-corrected chi connectivity index (χ4v) is 5.33. The van der Waals surface area contributed by atoms with E-state index in [1.807, 2.05) is 12.7 Å². The Morgan fingerprint density at radius 3 is 1.71 bits per heavy atom. The third-order valence-corrected chi connectivity index (χ3v) is 6.57. The van der Waals surface area contributed by atoms with Gasteiger partial charge in [0.1, 0.15) is 12.7 Å². The number of aromatic nitrogens is 4. The summed E-state index contributed by atoms with van der Waals surface area (Å²) in [7, 11) is 0. The van der Waals surface area contributed by atoms with Crippen LogP contribution >= 0.6 is 0 Å². The maximum absolute atomic E-state index is 4.78. The summed E-state index contributed by atoms with van der Waals surface area (Å²) in [4.78, 5) is 9.56. The monoisotopic (exact) mass is 360 g/mol. The number of imidazole rings is 2. The highest BCUT2D eigenvalue weighted by Crippen LogP contribution is 2.31. The Hall–Kier alpha value is -3.34. The maximum atomic E-state index is 4.78. The molecular formula is C23H17BN4. The van der Waals surface area contributed by atoms with Crippen molar-refractivity contribution in [2.24, 2.45) is 0 Å². The van der Waals surface area contributed by atoms with Crippen molar-refractivity contribution in [2.45, 2.75) is 20.8 Å². The van der Waals surface area contributed by atoms with E-state index in [1.54, 1.807) is 0 Å². The lowest BCUT2D eigenvalue weighted by Crippen LogP contribution is -2.59. The van der Waals surface area contributed by atoms with Gasteiger partial charge in [0.25, 0.3) is 6.71 Å². The Labute approximate surface area is 162 Å². The van der Waals surface area contributed by atoms with E-state index in [9.17, 15) is 0 Å². The molecule has 0 spiro atoms. The summed E-state index contributed by atoms with van der Waals surface area (Å²) >= 11 is 0. The predicted molar refractivity (Wildman–Crippen MR) is 115 cm³/mol. The molecule has 0 amide bonds. The molecule has 5 heteroatoms. The predicted octanol–water partition coefficient (Wildman–Crippen LogP) is 2.43. The SMILES string of the molecule is Cc1cc2c3c(c1)-n1cnc4c(C)ccc(c41)B3c1ccc(C)c3ncn-2c13. The summed E-state index contributed by atoms with van der Waals surface area (Å²) in [5.41, 5.74) is 14.9. The Morgan fingerprint density at radius 1 is 0.714 bits per heavy atom. The first-order valence-electron chi connectivity index (χ1n) is 9.72. The summed E-state index contributed by atoms with van der Waals surface area (Å²) < 4.78 is 4.57. The van der Waals surface area contributed by atoms with Gasteiger partial charge in [0.2, 0.25) is 0 Å². The van der Waals surface area contributed by atoms with E-state index in [1.165, 1.54) is 55.5 Å². The van der Waals surface area contributed by atoms with Crippen LogP contribution in [0.25, 0.3) is 33.4 Å². The third-order valence-electron chi connectivity index (χ3n) is 6.57. The molecule has 0 bridgehead atoms. The van der Waals surface area contributed by atoms with Crippen LogP contribution in [0.5, 0.6) is 0 Å². The van der Waals surface area contributed by atoms with Gasteiger partial charge in [-0.2, -0.15) is 0 Å². The van der Waals surface area contributed by atoms with Gasteiger partial charge in [-0.3, -0.25) is 9.13 Å². The lowest BCUT2D eigenvalue weighted by Gasteiger charge is -2.33. The molecule has 7 rings (SSSR count). The van der Waals surface area contributed by atoms with Crippen molar-refractivity contribution in [3.63, 3.8) is 0 Å². The molecule has 0 saturated carbocycles. The van der Waals surface area contributed by atoms with Crippen LogP contribution in [0.2, 0.25) is 0 Å². The van der Waals surface area contributed by atoms with Gasteiger partial charge in [0, 0.05) is 11.4 Å². The van der Waals surface area contributed by atoms with Crippen molar-refractivity contribution in [1.82, 2.24) is 19.1 Å². The normalized spacial score (nSPS) is 13.5. The molecular weight excluding hydrogens is 343 g/mol. The summed E-state index contributed by atoms with van der Waals surface area (Å²) in [5, 5.41) is 0. The molecule has 132 valence electrons. The highest BCUT2D eigenvalue weighted by atomic mass is 15.1. The average molecular weight is 360 g/mol. The lowest BCUT2D eigenvalue weighted by atomic mass is 9.34. The van der Waals surface area contributed by atoms with Gasteiger partial charge >= 0.3 is 0 Å². The molecule has 3 aromatic carbocycles. The number of fused-ring (bicyclic) bond motifs is 4. The Kier molecular flexibility index (Phi) is 2.39. The zero-order valence-electron chi connectivity index (χ0n) is 16.0. The fraction of sp³-hybridized carbons (Fsp3) is 0.130. The van der Waals surface area contributed by atoms with Gasteiger partial charge in [0.15, 0.2) is 0 Å². The van der Waals surface area contributed by atoms with Gasteiger partial charge < -0.3 is 0 Å². The average Bonchev–Trinajstić information content (AvgIpc) is 3.32. The van der Waals surface area contributed by atoms with E-state index in [4.69, 9.17) is 9.97 Å². The van der Waals surface area contributed by atoms with Crippen LogP contribution in [0.15, 0.2) is 49.1 Å². The van der Waals surface area contributed by atoms with Crippen molar-refractivity contribution in [3.8, 4) is 11.4 Å². The van der Waals surface area contributed by atoms with Crippen LogP contribution < -0.4 is 16.4 Å². The highest BCUT2D eigenvalue weighted by molar-refractivity contribution is 7.00. The van der Waals surface area contributed by atoms with Gasteiger partial charge in [-0.25, -0.2) is 9.97 Å². The highest BCUT2D eigenvalue weighted by Gasteiger charge is 2.39. The summed E-state index contributed by atoms with van der Waals surface area (Å²) in [5.74, 6) is 0. The van der Waals surface area contributed by atoms with Crippen molar-refractivity contribution < 1.29 is 0 Å². The number of nitrogens with zero attached hydrogens (tertiary/aromatic N) is 4. The van der Waals surface area contributed by atoms with E-state index in [2.05, 4.69) is 66.3 Å². The largest absolute Gasteiger partial charge is 0.300 e. The number of aryl methyl sites for hydroxylation is 3. The molecule has 0 radical (unpaired) electrons. The van der Waals surface area contributed by atoms with Crippen LogP contribution in [-0.4, -0.2) is 25.8 Å². The molecule has 0 N–H and O–H groups in total. The van der Waals surface area contributed by atoms with Crippen molar-refractivity contribution >= 4 is 45.2 Å². The molecule has 2 aliphatic heterocycles. The molecule has 0 unspecified atom stereocenters. The Bertz CT molecular complexity index is 1400. The van der Waals surface area contributed by atoms with Gasteiger partial charge in [-0.1, -0.05) is 24.3 Å². The topological polar surface area (TPSA) is 35.6 Å². The molecule has 28 heavy (non-hydrogen) atoms. The first-order chi connectivity index (χ1) is 13.6. The van der Waals surface area contributed by atoms with Gasteiger partial charge in [-0.15, -0.1) is 0 Å². The van der Waals surface area contributed by atoms with Gasteiger partial charge in [-0.05, 0) is 66.0 Å². The minimum atomic E-state index is 0.213. The molecule has 5 aromatic rings. The second-order valence-electron chi connectivity index (χ2n) is 8.22. The van der Waals surface area contributed by atoms with E-state index in [0.717, 1.165) is 11.0 Å². The van der Waals surface area contributed by atoms with E-state index in [0.29, 0.717) is 0 Å². The lowest BCUT2D eigenvalue weighted by molar-refractivity contribution is 1.06. The zero-order chi connectivity index (χ0) is 18.7. The molecule has 0 saturated heterocycles. The maximum Gasteiger partial charge on any atom is 0.252 e. The molecule has 0 fully saturated rings. The molecule has 2 aromatic heterocycles.